The van der Waals surface area contributed by atoms with Crippen LogP contribution in [0.25, 0.3) is 9.75 Å². The van der Waals surface area contributed by atoms with Crippen LogP contribution >= 0.6 is 22.7 Å². The normalized spacial score (nSPS) is 16.7. The van der Waals surface area contributed by atoms with Crippen molar-refractivity contribution < 1.29 is 4.79 Å². The van der Waals surface area contributed by atoms with Crippen molar-refractivity contribution in [1.29, 1.82) is 5.26 Å². The van der Waals surface area contributed by atoms with E-state index in [1.54, 1.807) is 16.5 Å². The Bertz CT molecular complexity index is 798. The fourth-order valence-corrected chi connectivity index (χ4v) is 12.0. The third-order valence-corrected chi connectivity index (χ3v) is 13.1. The van der Waals surface area contributed by atoms with Gasteiger partial charge in [0, 0.05) is 23.3 Å². The van der Waals surface area contributed by atoms with Gasteiger partial charge in [-0.25, -0.2) is 0 Å². The van der Waals surface area contributed by atoms with Gasteiger partial charge in [-0.2, -0.15) is 5.26 Å². The number of aldehydes is 1. The molecule has 4 rings (SSSR count). The van der Waals surface area contributed by atoms with E-state index in [9.17, 15) is 4.79 Å². The van der Waals surface area contributed by atoms with Gasteiger partial charge in [0.1, 0.15) is 8.07 Å². The first kappa shape index (κ1) is 14.2. The first-order valence-corrected chi connectivity index (χ1v) is 11.6. The largest absolute Gasteiger partial charge is 0.365 e. The van der Waals surface area contributed by atoms with E-state index < -0.39 is 8.07 Å². The number of carbonyl (C=O) groups is 1. The maximum absolute atomic E-state index is 11.2. The number of carbonyl (C=O) groups excluding carboxylic acids is 1. The lowest BCUT2D eigenvalue weighted by molar-refractivity contribution is 0.112. The fourth-order valence-electron chi connectivity index (χ4n) is 3.62. The van der Waals surface area contributed by atoms with Crippen LogP contribution in [0.2, 0.25) is 12.1 Å². The summed E-state index contributed by atoms with van der Waals surface area (Å²) in [4.78, 5) is 17.0. The monoisotopic (exact) mass is 344 g/mol. The van der Waals surface area contributed by atoms with Crippen molar-refractivity contribution in [3.05, 3.63) is 17.0 Å². The molecule has 4 heterocycles. The second kappa shape index (κ2) is 5.05. The Morgan fingerprint density at radius 3 is 2.68 bits per heavy atom. The van der Waals surface area contributed by atoms with Gasteiger partial charge in [0.25, 0.3) is 0 Å². The molecular weight excluding hydrogens is 328 g/mol. The molecule has 1 fully saturated rings. The molecule has 0 aromatic carbocycles. The summed E-state index contributed by atoms with van der Waals surface area (Å²) in [5.74, 6) is 0. The Kier molecular flexibility index (Phi) is 3.26. The molecule has 2 aliphatic heterocycles. The average molecular weight is 345 g/mol. The summed E-state index contributed by atoms with van der Waals surface area (Å²) >= 11 is 3.51. The molecule has 2 aromatic rings. The minimum absolute atomic E-state index is 0.557. The molecule has 112 valence electrons. The van der Waals surface area contributed by atoms with Crippen molar-refractivity contribution in [2.75, 3.05) is 18.5 Å². The molecule has 6 heteroatoms. The van der Waals surface area contributed by atoms with E-state index in [-0.39, 0.29) is 0 Å². The van der Waals surface area contributed by atoms with Crippen molar-refractivity contribution in [3.8, 4) is 15.8 Å². The van der Waals surface area contributed by atoms with E-state index in [1.807, 2.05) is 11.3 Å². The van der Waals surface area contributed by atoms with Crippen LogP contribution < -0.4 is 15.3 Å². The summed E-state index contributed by atoms with van der Waals surface area (Å²) in [6, 6.07) is 9.44. The number of nitriles is 1. The third-order valence-electron chi connectivity index (χ3n) is 4.97. The second-order valence-electron chi connectivity index (χ2n) is 6.10. The highest BCUT2D eigenvalue weighted by molar-refractivity contribution is 7.31. The molecule has 0 bridgehead atoms. The minimum atomic E-state index is -1.50. The molecule has 3 nitrogen and oxygen atoms in total. The van der Waals surface area contributed by atoms with Crippen molar-refractivity contribution in [3.63, 3.8) is 0 Å². The molecule has 0 amide bonds. The highest BCUT2D eigenvalue weighted by Crippen LogP contribution is 2.47. The Hall–Kier alpha value is -1.42. The second-order valence-corrected chi connectivity index (χ2v) is 12.5. The molecule has 1 spiro atoms. The molecule has 0 saturated carbocycles. The first-order valence-electron chi connectivity index (χ1n) is 7.52. The van der Waals surface area contributed by atoms with Crippen LogP contribution in [0.1, 0.15) is 22.5 Å². The number of anilines is 1. The maximum atomic E-state index is 11.2. The Morgan fingerprint density at radius 2 is 2.05 bits per heavy atom. The Labute approximate surface area is 138 Å². The molecule has 2 aromatic heterocycles. The van der Waals surface area contributed by atoms with Gasteiger partial charge in [-0.05, 0) is 34.6 Å². The molecule has 1 saturated heterocycles. The average Bonchev–Trinajstić information content (AvgIpc) is 3.12. The lowest BCUT2D eigenvalue weighted by Gasteiger charge is -2.37. The number of fused-ring (bicyclic) bond motifs is 5. The van der Waals surface area contributed by atoms with E-state index in [0.717, 1.165) is 17.7 Å². The number of hydrogen-bond donors (Lipinski definition) is 0. The smallest absolute Gasteiger partial charge is 0.160 e. The standard InChI is InChI=1S/C16H16N2OS2Si/c1-18(5-2-4-17)14-9-13-16(21-14)15-12(8-11(10-19)20-15)22(13)6-3-7-22/h8-10H,2-3,5-7H2,1H3. The van der Waals surface area contributed by atoms with Gasteiger partial charge in [0.05, 0.1) is 22.4 Å². The van der Waals surface area contributed by atoms with E-state index >= 15 is 0 Å². The van der Waals surface area contributed by atoms with Crippen molar-refractivity contribution in [2.45, 2.75) is 24.9 Å². The van der Waals surface area contributed by atoms with Gasteiger partial charge < -0.3 is 4.90 Å². The fraction of sp³-hybridized carbons (Fsp3) is 0.375. The predicted molar refractivity (Wildman–Crippen MR) is 95.8 cm³/mol. The quantitative estimate of drug-likeness (QED) is 0.633. The van der Waals surface area contributed by atoms with E-state index in [2.05, 4.69) is 30.1 Å². The molecule has 0 radical (unpaired) electrons. The van der Waals surface area contributed by atoms with Gasteiger partial charge >= 0.3 is 0 Å². The number of rotatable bonds is 4. The first-order chi connectivity index (χ1) is 10.7. The third kappa shape index (κ3) is 1.79. The summed E-state index contributed by atoms with van der Waals surface area (Å²) in [6.45, 7) is 0.779. The molecule has 0 unspecified atom stereocenters. The molecule has 0 N–H and O–H groups in total. The highest BCUT2D eigenvalue weighted by atomic mass is 32.1. The van der Waals surface area contributed by atoms with Gasteiger partial charge in [-0.15, -0.1) is 22.7 Å². The van der Waals surface area contributed by atoms with Crippen LogP contribution in [-0.2, 0) is 0 Å². The van der Waals surface area contributed by atoms with Crippen molar-refractivity contribution >= 4 is 52.4 Å². The Morgan fingerprint density at radius 1 is 1.32 bits per heavy atom. The summed E-state index contributed by atoms with van der Waals surface area (Å²) in [6.07, 6.45) is 2.88. The minimum Gasteiger partial charge on any atom is -0.365 e. The number of hydrogen-bond acceptors (Lipinski definition) is 5. The molecule has 2 aliphatic rings. The molecular formula is C16H16N2OS2Si. The summed E-state index contributed by atoms with van der Waals surface area (Å²) in [5, 5.41) is 13.2. The summed E-state index contributed by atoms with van der Waals surface area (Å²) < 4.78 is 0. The lowest BCUT2D eigenvalue weighted by Crippen LogP contribution is -2.59. The SMILES string of the molecule is CN(CCC#N)c1cc2c(s1)-c1sc(C=O)cc1[Si]21CCC1. The summed E-state index contributed by atoms with van der Waals surface area (Å²) in [7, 11) is 0.567. The van der Waals surface area contributed by atoms with Crippen LogP contribution in [0.15, 0.2) is 12.1 Å². The van der Waals surface area contributed by atoms with Crippen molar-refractivity contribution in [2.24, 2.45) is 0 Å². The topological polar surface area (TPSA) is 44.1 Å². The van der Waals surface area contributed by atoms with E-state index in [0.29, 0.717) is 6.42 Å². The zero-order valence-electron chi connectivity index (χ0n) is 12.4. The molecule has 0 aliphatic carbocycles. The van der Waals surface area contributed by atoms with Crippen LogP contribution in [0.5, 0.6) is 0 Å². The van der Waals surface area contributed by atoms with Crippen LogP contribution in [0.4, 0.5) is 5.00 Å². The van der Waals surface area contributed by atoms with Gasteiger partial charge in [-0.1, -0.05) is 6.42 Å². The maximum Gasteiger partial charge on any atom is 0.160 e. The number of nitrogens with zero attached hydrogens (tertiary/aromatic N) is 2. The van der Waals surface area contributed by atoms with E-state index in [4.69, 9.17) is 5.26 Å². The van der Waals surface area contributed by atoms with Gasteiger partial charge in [0.2, 0.25) is 0 Å². The highest BCUT2D eigenvalue weighted by Gasteiger charge is 2.52. The van der Waals surface area contributed by atoms with Gasteiger partial charge in [-0.3, -0.25) is 4.79 Å². The van der Waals surface area contributed by atoms with Crippen molar-refractivity contribution in [1.82, 2.24) is 0 Å². The lowest BCUT2D eigenvalue weighted by atomic mass is 10.3. The zero-order valence-corrected chi connectivity index (χ0v) is 15.0. The molecule has 22 heavy (non-hydrogen) atoms. The van der Waals surface area contributed by atoms with Crippen LogP contribution in [0.3, 0.4) is 0 Å². The van der Waals surface area contributed by atoms with Crippen LogP contribution in [-0.4, -0.2) is 28.0 Å². The Balaban J connectivity index is 1.79. The molecule has 0 atom stereocenters. The van der Waals surface area contributed by atoms with Gasteiger partial charge in [0.15, 0.2) is 6.29 Å². The zero-order chi connectivity index (χ0) is 15.3. The van der Waals surface area contributed by atoms with Crippen LogP contribution in [0, 0.1) is 11.3 Å². The predicted octanol–water partition coefficient (Wildman–Crippen LogP) is 2.92. The van der Waals surface area contributed by atoms with E-state index in [1.165, 1.54) is 38.5 Å². The summed E-state index contributed by atoms with van der Waals surface area (Å²) in [5.41, 5.74) is 0. The number of thiophene rings is 2.